The van der Waals surface area contributed by atoms with Crippen molar-refractivity contribution in [2.45, 2.75) is 32.1 Å². The number of benzene rings is 4. The van der Waals surface area contributed by atoms with Gasteiger partial charge in [0.15, 0.2) is 0 Å². The van der Waals surface area contributed by atoms with E-state index in [0.717, 1.165) is 25.7 Å². The van der Waals surface area contributed by atoms with Crippen molar-refractivity contribution in [2.24, 2.45) is 5.92 Å². The predicted molar refractivity (Wildman–Crippen MR) is 175 cm³/mol. The van der Waals surface area contributed by atoms with Crippen LogP contribution >= 0.6 is 0 Å². The lowest BCUT2D eigenvalue weighted by molar-refractivity contribution is 0.571. The molecule has 0 aromatic heterocycles. The van der Waals surface area contributed by atoms with Gasteiger partial charge in [0.2, 0.25) is 0 Å². The molecule has 0 saturated heterocycles. The van der Waals surface area contributed by atoms with Gasteiger partial charge in [-0.15, -0.1) is 5.73 Å². The van der Waals surface area contributed by atoms with Crippen LogP contribution in [-0.2, 0) is 0 Å². The lowest BCUT2D eigenvalue weighted by Gasteiger charge is -2.31. The van der Waals surface area contributed by atoms with Crippen molar-refractivity contribution in [3.8, 4) is 0 Å². The Bertz CT molecular complexity index is 1920. The molecule has 0 bridgehead atoms. The van der Waals surface area contributed by atoms with Gasteiger partial charge in [-0.2, -0.15) is 0 Å². The van der Waals surface area contributed by atoms with Gasteiger partial charge in [-0.25, -0.2) is 0 Å². The van der Waals surface area contributed by atoms with E-state index in [9.17, 15) is 0 Å². The third kappa shape index (κ3) is 4.07. The fourth-order valence-corrected chi connectivity index (χ4v) is 7.38. The molecule has 0 fully saturated rings. The molecule has 41 heavy (non-hydrogen) atoms. The van der Waals surface area contributed by atoms with E-state index in [2.05, 4.69) is 133 Å². The quantitative estimate of drug-likeness (QED) is 0.184. The Labute approximate surface area is 242 Å². The van der Waals surface area contributed by atoms with Crippen LogP contribution in [0, 0.1) is 5.92 Å². The normalized spacial score (nSPS) is 19.8. The summed E-state index contributed by atoms with van der Waals surface area (Å²) in [6.07, 6.45) is 23.8. The molecule has 1 atom stereocenters. The highest BCUT2D eigenvalue weighted by molar-refractivity contribution is 6.19. The van der Waals surface area contributed by atoms with Crippen molar-refractivity contribution >= 4 is 38.3 Å². The summed E-state index contributed by atoms with van der Waals surface area (Å²) >= 11 is 0. The summed E-state index contributed by atoms with van der Waals surface area (Å²) in [4.78, 5) is 0. The molecule has 4 aromatic carbocycles. The molecule has 0 heterocycles. The number of fused-ring (bicyclic) bond motifs is 3. The first-order valence-electron chi connectivity index (χ1n) is 15.0. The summed E-state index contributed by atoms with van der Waals surface area (Å²) in [5.41, 5.74) is 15.9. The molecular formula is C41H32. The number of hydrogen-bond donors (Lipinski definition) is 0. The molecule has 8 rings (SSSR count). The first-order valence-corrected chi connectivity index (χ1v) is 15.0. The molecule has 4 aromatic rings. The average Bonchev–Trinajstić information content (AvgIpc) is 3.59. The van der Waals surface area contributed by atoms with Crippen LogP contribution in [0.4, 0.5) is 0 Å². The Morgan fingerprint density at radius 3 is 1.95 bits per heavy atom. The molecule has 0 heteroatoms. The Kier molecular flexibility index (Phi) is 5.94. The SMILES string of the molecule is C1=CC=CC=1C1=C(c2c3ccccc3c(C3=C(c4ccccc4)C=CCC3)c3ccccc23)CC2CCC=CC2=C1. The zero-order valence-corrected chi connectivity index (χ0v) is 23.2. The number of hydrogen-bond acceptors (Lipinski definition) is 0. The van der Waals surface area contributed by atoms with Gasteiger partial charge in [0.25, 0.3) is 0 Å². The summed E-state index contributed by atoms with van der Waals surface area (Å²) in [5, 5.41) is 5.43. The number of rotatable bonds is 4. The minimum Gasteiger partial charge on any atom is -0.112 e. The second-order valence-electron chi connectivity index (χ2n) is 11.5. The van der Waals surface area contributed by atoms with E-state index in [1.807, 2.05) is 0 Å². The molecule has 0 amide bonds. The Morgan fingerprint density at radius 1 is 0.610 bits per heavy atom. The largest absolute Gasteiger partial charge is 0.112 e. The van der Waals surface area contributed by atoms with Crippen LogP contribution in [0.25, 0.3) is 38.3 Å². The predicted octanol–water partition coefficient (Wildman–Crippen LogP) is 11.0. The van der Waals surface area contributed by atoms with E-state index < -0.39 is 0 Å². The van der Waals surface area contributed by atoms with Crippen molar-refractivity contribution in [3.63, 3.8) is 0 Å². The first kappa shape index (κ1) is 24.2. The maximum absolute atomic E-state index is 3.54. The second kappa shape index (κ2) is 10.1. The molecule has 1 unspecified atom stereocenters. The minimum atomic E-state index is 0.571. The topological polar surface area (TPSA) is 0 Å². The molecule has 0 nitrogen and oxygen atoms in total. The third-order valence-corrected chi connectivity index (χ3v) is 9.23. The monoisotopic (exact) mass is 524 g/mol. The van der Waals surface area contributed by atoms with Crippen molar-refractivity contribution in [1.29, 1.82) is 0 Å². The van der Waals surface area contributed by atoms with Crippen LogP contribution in [0.1, 0.15) is 48.8 Å². The lowest BCUT2D eigenvalue weighted by atomic mass is 9.73. The molecule has 0 N–H and O–H groups in total. The summed E-state index contributed by atoms with van der Waals surface area (Å²) < 4.78 is 0. The summed E-state index contributed by atoms with van der Waals surface area (Å²) in [6.45, 7) is 0. The van der Waals surface area contributed by atoms with Crippen molar-refractivity contribution in [2.75, 3.05) is 0 Å². The van der Waals surface area contributed by atoms with Crippen LogP contribution < -0.4 is 0 Å². The second-order valence-corrected chi connectivity index (χ2v) is 11.5. The minimum absolute atomic E-state index is 0.571. The Morgan fingerprint density at radius 2 is 1.27 bits per heavy atom. The molecule has 0 spiro atoms. The van der Waals surface area contributed by atoms with E-state index in [0.29, 0.717) is 5.92 Å². The number of allylic oxidation sites excluding steroid dienone is 13. The van der Waals surface area contributed by atoms with E-state index in [1.54, 1.807) is 0 Å². The van der Waals surface area contributed by atoms with E-state index >= 15 is 0 Å². The van der Waals surface area contributed by atoms with Gasteiger partial charge < -0.3 is 0 Å². The maximum Gasteiger partial charge on any atom is 0.0240 e. The van der Waals surface area contributed by atoms with Crippen LogP contribution in [0.2, 0.25) is 0 Å². The molecule has 4 aliphatic carbocycles. The molecule has 0 aliphatic heterocycles. The van der Waals surface area contributed by atoms with Crippen LogP contribution in [0.5, 0.6) is 0 Å². The average molecular weight is 525 g/mol. The van der Waals surface area contributed by atoms with Gasteiger partial charge in [-0.05, 0) is 122 Å². The zero-order valence-electron chi connectivity index (χ0n) is 23.2. The van der Waals surface area contributed by atoms with Crippen molar-refractivity contribution in [3.05, 3.63) is 167 Å². The van der Waals surface area contributed by atoms with Crippen LogP contribution in [0.3, 0.4) is 0 Å². The fourth-order valence-electron chi connectivity index (χ4n) is 7.38. The van der Waals surface area contributed by atoms with E-state index in [4.69, 9.17) is 0 Å². The van der Waals surface area contributed by atoms with Gasteiger partial charge >= 0.3 is 0 Å². The Balaban J connectivity index is 1.48. The lowest BCUT2D eigenvalue weighted by Crippen LogP contribution is -2.14. The smallest absolute Gasteiger partial charge is 0.0240 e. The van der Waals surface area contributed by atoms with E-state index in [-0.39, 0.29) is 0 Å². The standard InChI is InChI=1S/C41H32/c1-2-14-28(15-3-1)32-20-8-9-21-33(32)40-34-22-10-12-24-36(34)41(37-25-13-11-23-35(37)40)39-27-31-19-7-6-18-30(31)26-38(39)29-16-4-5-17-29/h1-6,8,10-16,18,20,22-26,31H,7,9,19,21,27H2. The first-order chi connectivity index (χ1) is 20.4. The van der Waals surface area contributed by atoms with Gasteiger partial charge in [-0.3, -0.25) is 0 Å². The highest BCUT2D eigenvalue weighted by Crippen LogP contribution is 2.49. The fraction of sp³-hybridized carbons (Fsp3) is 0.146. The molecule has 0 saturated carbocycles. The summed E-state index contributed by atoms with van der Waals surface area (Å²) in [6, 6.07) is 29.2. The zero-order chi connectivity index (χ0) is 27.2. The van der Waals surface area contributed by atoms with Gasteiger partial charge in [-0.1, -0.05) is 109 Å². The highest BCUT2D eigenvalue weighted by Gasteiger charge is 2.29. The summed E-state index contributed by atoms with van der Waals surface area (Å²) in [5.74, 6) is 0.571. The van der Waals surface area contributed by atoms with Crippen LogP contribution in [-0.4, -0.2) is 0 Å². The van der Waals surface area contributed by atoms with Crippen molar-refractivity contribution < 1.29 is 0 Å². The summed E-state index contributed by atoms with van der Waals surface area (Å²) in [7, 11) is 0. The van der Waals surface area contributed by atoms with Crippen molar-refractivity contribution in [1.82, 2.24) is 0 Å². The molecular weight excluding hydrogens is 492 g/mol. The highest BCUT2D eigenvalue weighted by atomic mass is 14.3. The van der Waals surface area contributed by atoms with E-state index in [1.165, 1.54) is 78.1 Å². The Hall–Kier alpha value is -4.64. The molecule has 0 radical (unpaired) electrons. The maximum atomic E-state index is 3.54. The third-order valence-electron chi connectivity index (χ3n) is 9.23. The van der Waals surface area contributed by atoms with Gasteiger partial charge in [0, 0.05) is 5.57 Å². The molecule has 4 aliphatic rings. The van der Waals surface area contributed by atoms with Gasteiger partial charge in [0.1, 0.15) is 0 Å². The van der Waals surface area contributed by atoms with Gasteiger partial charge in [0.05, 0.1) is 0 Å². The van der Waals surface area contributed by atoms with Crippen LogP contribution in [0.15, 0.2) is 150 Å². The molecule has 196 valence electrons.